The van der Waals surface area contributed by atoms with Gasteiger partial charge in [-0.3, -0.25) is 0 Å². The minimum Gasteiger partial charge on any atom is -0.399 e. The highest BCUT2D eigenvalue weighted by Gasteiger charge is 2.14. The highest BCUT2D eigenvalue weighted by atomic mass is 14.9. The molecule has 0 radical (unpaired) electrons. The molecule has 3 nitrogen and oxygen atoms in total. The summed E-state index contributed by atoms with van der Waals surface area (Å²) in [4.78, 5) is 0. The molecule has 0 spiro atoms. The molecule has 2 rings (SSSR count). The monoisotopic (exact) mass is 205 g/mol. The predicted molar refractivity (Wildman–Crippen MR) is 64.6 cm³/mol. The predicted octanol–water partition coefficient (Wildman–Crippen LogP) is 1.39. The van der Waals surface area contributed by atoms with Gasteiger partial charge in [0.15, 0.2) is 0 Å². The van der Waals surface area contributed by atoms with E-state index in [2.05, 4.69) is 11.4 Å². The van der Waals surface area contributed by atoms with Gasteiger partial charge in [0.25, 0.3) is 0 Å². The zero-order valence-corrected chi connectivity index (χ0v) is 9.00. The SMILES string of the molecule is Nc1ccc(CC2CCNCC2)c(N)c1. The van der Waals surface area contributed by atoms with E-state index in [0.717, 1.165) is 36.8 Å². The zero-order valence-electron chi connectivity index (χ0n) is 9.00. The number of piperidine rings is 1. The Morgan fingerprint density at radius 1 is 1.20 bits per heavy atom. The molecule has 0 amide bonds. The smallest absolute Gasteiger partial charge is 0.0367 e. The minimum absolute atomic E-state index is 0.751. The maximum Gasteiger partial charge on any atom is 0.0367 e. The second-order valence-corrected chi connectivity index (χ2v) is 4.36. The van der Waals surface area contributed by atoms with Crippen molar-refractivity contribution in [3.63, 3.8) is 0 Å². The Morgan fingerprint density at radius 3 is 2.60 bits per heavy atom. The van der Waals surface area contributed by atoms with Crippen LogP contribution in [0, 0.1) is 5.92 Å². The van der Waals surface area contributed by atoms with Crippen molar-refractivity contribution in [3.8, 4) is 0 Å². The van der Waals surface area contributed by atoms with Gasteiger partial charge in [-0.15, -0.1) is 0 Å². The summed E-state index contributed by atoms with van der Waals surface area (Å²) in [5.41, 5.74) is 14.5. The molecule has 3 heteroatoms. The quantitative estimate of drug-likeness (QED) is 0.639. The van der Waals surface area contributed by atoms with E-state index in [0.29, 0.717) is 0 Å². The van der Waals surface area contributed by atoms with Crippen LogP contribution in [0.3, 0.4) is 0 Å². The van der Waals surface area contributed by atoms with Crippen LogP contribution in [0.2, 0.25) is 0 Å². The molecule has 82 valence electrons. The van der Waals surface area contributed by atoms with E-state index in [1.165, 1.54) is 18.4 Å². The standard InChI is InChI=1S/C12H19N3/c13-11-2-1-10(12(14)8-11)7-9-3-5-15-6-4-9/h1-2,8-9,15H,3-7,13-14H2. The molecule has 0 aliphatic carbocycles. The number of rotatable bonds is 2. The topological polar surface area (TPSA) is 64.1 Å². The number of nitrogens with one attached hydrogen (secondary N) is 1. The number of nitrogens with two attached hydrogens (primary N) is 2. The van der Waals surface area contributed by atoms with Gasteiger partial charge in [0.05, 0.1) is 0 Å². The molecule has 1 fully saturated rings. The fourth-order valence-corrected chi connectivity index (χ4v) is 2.20. The molecule has 5 N–H and O–H groups in total. The number of benzene rings is 1. The average molecular weight is 205 g/mol. The van der Waals surface area contributed by atoms with Crippen LogP contribution >= 0.6 is 0 Å². The van der Waals surface area contributed by atoms with Crippen LogP contribution in [-0.4, -0.2) is 13.1 Å². The molecule has 1 aromatic rings. The van der Waals surface area contributed by atoms with Gasteiger partial charge in [-0.2, -0.15) is 0 Å². The second-order valence-electron chi connectivity index (χ2n) is 4.36. The van der Waals surface area contributed by atoms with Crippen molar-refractivity contribution in [1.82, 2.24) is 5.32 Å². The van der Waals surface area contributed by atoms with Crippen LogP contribution in [0.25, 0.3) is 0 Å². The van der Waals surface area contributed by atoms with Gasteiger partial charge in [-0.05, 0) is 56.0 Å². The third kappa shape index (κ3) is 2.63. The molecular weight excluding hydrogens is 186 g/mol. The molecule has 0 atom stereocenters. The first kappa shape index (κ1) is 10.3. The van der Waals surface area contributed by atoms with Gasteiger partial charge in [0.1, 0.15) is 0 Å². The lowest BCUT2D eigenvalue weighted by Gasteiger charge is -2.23. The van der Waals surface area contributed by atoms with Crippen molar-refractivity contribution in [2.24, 2.45) is 5.92 Å². The average Bonchev–Trinajstić information content (AvgIpc) is 2.24. The maximum absolute atomic E-state index is 5.94. The molecular formula is C12H19N3. The first-order chi connectivity index (χ1) is 7.25. The van der Waals surface area contributed by atoms with E-state index in [1.54, 1.807) is 0 Å². The molecule has 1 heterocycles. The van der Waals surface area contributed by atoms with E-state index in [9.17, 15) is 0 Å². The largest absolute Gasteiger partial charge is 0.399 e. The normalized spacial score (nSPS) is 17.9. The molecule has 0 aromatic heterocycles. The van der Waals surface area contributed by atoms with E-state index in [-0.39, 0.29) is 0 Å². The molecule has 1 aliphatic rings. The third-order valence-corrected chi connectivity index (χ3v) is 3.14. The maximum atomic E-state index is 5.94. The highest BCUT2D eigenvalue weighted by Crippen LogP contribution is 2.23. The van der Waals surface area contributed by atoms with Crippen LogP contribution in [-0.2, 0) is 6.42 Å². The van der Waals surface area contributed by atoms with E-state index < -0.39 is 0 Å². The second kappa shape index (κ2) is 4.53. The summed E-state index contributed by atoms with van der Waals surface area (Å²) >= 11 is 0. The van der Waals surface area contributed by atoms with Gasteiger partial charge in [-0.25, -0.2) is 0 Å². The number of hydrogen-bond donors (Lipinski definition) is 3. The Kier molecular flexibility index (Phi) is 3.11. The van der Waals surface area contributed by atoms with Crippen LogP contribution in [0.4, 0.5) is 11.4 Å². The fraction of sp³-hybridized carbons (Fsp3) is 0.500. The molecule has 1 aliphatic heterocycles. The van der Waals surface area contributed by atoms with Crippen molar-refractivity contribution in [3.05, 3.63) is 23.8 Å². The lowest BCUT2D eigenvalue weighted by molar-refractivity contribution is 0.373. The molecule has 1 aromatic carbocycles. The Bertz CT molecular complexity index is 330. The Morgan fingerprint density at radius 2 is 1.93 bits per heavy atom. The van der Waals surface area contributed by atoms with Gasteiger partial charge in [-0.1, -0.05) is 6.07 Å². The summed E-state index contributed by atoms with van der Waals surface area (Å²) < 4.78 is 0. The van der Waals surface area contributed by atoms with Crippen molar-refractivity contribution in [2.75, 3.05) is 24.6 Å². The van der Waals surface area contributed by atoms with Gasteiger partial charge in [0, 0.05) is 11.4 Å². The number of anilines is 2. The van der Waals surface area contributed by atoms with Crippen molar-refractivity contribution in [2.45, 2.75) is 19.3 Å². The fourth-order valence-electron chi connectivity index (χ4n) is 2.20. The lowest BCUT2D eigenvalue weighted by Crippen LogP contribution is -2.28. The number of hydrogen-bond acceptors (Lipinski definition) is 3. The summed E-state index contributed by atoms with van der Waals surface area (Å²) in [6.07, 6.45) is 3.60. The highest BCUT2D eigenvalue weighted by molar-refractivity contribution is 5.56. The molecule has 0 saturated carbocycles. The zero-order chi connectivity index (χ0) is 10.7. The molecule has 0 unspecified atom stereocenters. The summed E-state index contributed by atoms with van der Waals surface area (Å²) in [6, 6.07) is 5.86. The summed E-state index contributed by atoms with van der Waals surface area (Å²) in [7, 11) is 0. The summed E-state index contributed by atoms with van der Waals surface area (Å²) in [5, 5.41) is 3.37. The van der Waals surface area contributed by atoms with E-state index in [4.69, 9.17) is 11.5 Å². The van der Waals surface area contributed by atoms with Gasteiger partial charge < -0.3 is 16.8 Å². The van der Waals surface area contributed by atoms with E-state index >= 15 is 0 Å². The Balaban J connectivity index is 2.03. The van der Waals surface area contributed by atoms with Crippen LogP contribution in [0.1, 0.15) is 18.4 Å². The first-order valence-electron chi connectivity index (χ1n) is 5.60. The van der Waals surface area contributed by atoms with E-state index in [1.807, 2.05) is 12.1 Å². The third-order valence-electron chi connectivity index (χ3n) is 3.14. The number of nitrogen functional groups attached to an aromatic ring is 2. The van der Waals surface area contributed by atoms with Crippen molar-refractivity contribution < 1.29 is 0 Å². The van der Waals surface area contributed by atoms with Crippen molar-refractivity contribution in [1.29, 1.82) is 0 Å². The Labute approximate surface area is 90.8 Å². The summed E-state index contributed by atoms with van der Waals surface area (Å²) in [5.74, 6) is 0.775. The van der Waals surface area contributed by atoms with Gasteiger partial charge in [0.2, 0.25) is 0 Å². The van der Waals surface area contributed by atoms with Crippen LogP contribution < -0.4 is 16.8 Å². The molecule has 0 bridgehead atoms. The Hall–Kier alpha value is -1.22. The minimum atomic E-state index is 0.751. The van der Waals surface area contributed by atoms with Crippen LogP contribution in [0.5, 0.6) is 0 Å². The van der Waals surface area contributed by atoms with Gasteiger partial charge >= 0.3 is 0 Å². The lowest BCUT2D eigenvalue weighted by atomic mass is 9.90. The summed E-state index contributed by atoms with van der Waals surface area (Å²) in [6.45, 7) is 2.28. The first-order valence-corrected chi connectivity index (χ1v) is 5.60. The van der Waals surface area contributed by atoms with Crippen molar-refractivity contribution >= 4 is 11.4 Å². The molecule has 15 heavy (non-hydrogen) atoms. The molecule has 1 saturated heterocycles. The van der Waals surface area contributed by atoms with Crippen LogP contribution in [0.15, 0.2) is 18.2 Å².